The second kappa shape index (κ2) is 6.42. The fourth-order valence-electron chi connectivity index (χ4n) is 3.22. The molecule has 6 nitrogen and oxygen atoms in total. The van der Waals surface area contributed by atoms with E-state index in [2.05, 4.69) is 32.7 Å². The van der Waals surface area contributed by atoms with Crippen molar-refractivity contribution in [2.75, 3.05) is 24.5 Å². The maximum absolute atomic E-state index is 11.6. The Morgan fingerprint density at radius 3 is 2.88 bits per heavy atom. The van der Waals surface area contributed by atoms with E-state index in [0.717, 1.165) is 39.5 Å². The number of nitrogens with two attached hydrogens (primary N) is 1. The number of piperazine rings is 1. The van der Waals surface area contributed by atoms with Gasteiger partial charge >= 0.3 is 0 Å². The largest absolute Gasteiger partial charge is 0.368 e. The molecule has 0 bridgehead atoms. The van der Waals surface area contributed by atoms with E-state index in [0.29, 0.717) is 13.1 Å². The van der Waals surface area contributed by atoms with Crippen molar-refractivity contribution in [3.05, 3.63) is 41.5 Å². The number of amides is 1. The fraction of sp³-hybridized carbons (Fsp3) is 0.278. The second-order valence-electron chi connectivity index (χ2n) is 6.15. The summed E-state index contributed by atoms with van der Waals surface area (Å²) in [6.45, 7) is 3.89. The molecule has 1 aromatic carbocycles. The molecule has 4 rings (SSSR count). The summed E-state index contributed by atoms with van der Waals surface area (Å²) in [5, 5.41) is 6.34. The zero-order valence-electron chi connectivity index (χ0n) is 13.9. The smallest absolute Gasteiger partial charge is 0.236 e. The summed E-state index contributed by atoms with van der Waals surface area (Å²) < 4.78 is 0. The number of nitrogens with zero attached hydrogens (tertiary/aromatic N) is 3. The Kier molecular flexibility index (Phi) is 4.10. The SMILES string of the molecule is Cc1nc(N2CCNC(C(N)=O)C2)c2c(-c3ccccc3)csc2n1. The predicted molar refractivity (Wildman–Crippen MR) is 101 cm³/mol. The van der Waals surface area contributed by atoms with E-state index in [-0.39, 0.29) is 11.9 Å². The van der Waals surface area contributed by atoms with Crippen LogP contribution >= 0.6 is 11.3 Å². The lowest BCUT2D eigenvalue weighted by molar-refractivity contribution is -0.120. The van der Waals surface area contributed by atoms with Crippen LogP contribution in [0.15, 0.2) is 35.7 Å². The van der Waals surface area contributed by atoms with Crippen LogP contribution in [-0.4, -0.2) is 41.6 Å². The molecule has 0 aliphatic carbocycles. The highest BCUT2D eigenvalue weighted by molar-refractivity contribution is 7.17. The minimum atomic E-state index is -0.363. The lowest BCUT2D eigenvalue weighted by Gasteiger charge is -2.33. The molecule has 1 unspecified atom stereocenters. The van der Waals surface area contributed by atoms with Gasteiger partial charge in [0.2, 0.25) is 5.91 Å². The number of anilines is 1. The van der Waals surface area contributed by atoms with Crippen molar-refractivity contribution in [3.8, 4) is 11.1 Å². The first-order valence-electron chi connectivity index (χ1n) is 8.22. The van der Waals surface area contributed by atoms with Gasteiger partial charge in [0.25, 0.3) is 0 Å². The van der Waals surface area contributed by atoms with Crippen molar-refractivity contribution in [2.24, 2.45) is 5.73 Å². The van der Waals surface area contributed by atoms with Gasteiger partial charge in [-0.2, -0.15) is 0 Å². The lowest BCUT2D eigenvalue weighted by atomic mass is 10.1. The van der Waals surface area contributed by atoms with Gasteiger partial charge in [-0.05, 0) is 12.5 Å². The van der Waals surface area contributed by atoms with Gasteiger partial charge in [-0.15, -0.1) is 11.3 Å². The summed E-state index contributed by atoms with van der Waals surface area (Å²) in [6, 6.07) is 9.89. The molecule has 128 valence electrons. The summed E-state index contributed by atoms with van der Waals surface area (Å²) in [6.07, 6.45) is 0. The maximum atomic E-state index is 11.6. The van der Waals surface area contributed by atoms with Crippen LogP contribution in [0.1, 0.15) is 5.82 Å². The summed E-state index contributed by atoms with van der Waals surface area (Å²) in [7, 11) is 0. The number of nitrogens with one attached hydrogen (secondary N) is 1. The molecule has 1 aliphatic rings. The number of hydrogen-bond donors (Lipinski definition) is 2. The summed E-state index contributed by atoms with van der Waals surface area (Å²) in [5.41, 5.74) is 7.76. The van der Waals surface area contributed by atoms with Crippen LogP contribution in [0.2, 0.25) is 0 Å². The number of aromatic nitrogens is 2. The third-order valence-electron chi connectivity index (χ3n) is 4.43. The average molecular weight is 353 g/mol. The highest BCUT2D eigenvalue weighted by Gasteiger charge is 2.27. The zero-order valence-corrected chi connectivity index (χ0v) is 14.7. The molecule has 0 radical (unpaired) electrons. The third kappa shape index (κ3) is 2.96. The van der Waals surface area contributed by atoms with Crippen molar-refractivity contribution in [3.63, 3.8) is 0 Å². The molecule has 3 aromatic rings. The van der Waals surface area contributed by atoms with E-state index < -0.39 is 0 Å². The highest BCUT2D eigenvalue weighted by atomic mass is 32.1. The Morgan fingerprint density at radius 1 is 1.32 bits per heavy atom. The van der Waals surface area contributed by atoms with E-state index in [1.165, 1.54) is 0 Å². The number of aryl methyl sites for hydroxylation is 1. The van der Waals surface area contributed by atoms with Crippen LogP contribution in [0.25, 0.3) is 21.3 Å². The van der Waals surface area contributed by atoms with Crippen molar-refractivity contribution in [2.45, 2.75) is 13.0 Å². The average Bonchev–Trinajstić information content (AvgIpc) is 3.05. The molecule has 3 N–H and O–H groups in total. The van der Waals surface area contributed by atoms with Gasteiger partial charge in [0.1, 0.15) is 22.5 Å². The van der Waals surface area contributed by atoms with Gasteiger partial charge in [-0.3, -0.25) is 4.79 Å². The lowest BCUT2D eigenvalue weighted by Crippen LogP contribution is -2.56. The number of thiophene rings is 1. The zero-order chi connectivity index (χ0) is 17.4. The van der Waals surface area contributed by atoms with Crippen LogP contribution in [0.3, 0.4) is 0 Å². The number of fused-ring (bicyclic) bond motifs is 1. The van der Waals surface area contributed by atoms with Crippen LogP contribution in [0.4, 0.5) is 5.82 Å². The minimum Gasteiger partial charge on any atom is -0.368 e. The number of primary amides is 1. The number of carbonyl (C=O) groups is 1. The van der Waals surface area contributed by atoms with E-state index in [1.807, 2.05) is 25.1 Å². The first kappa shape index (κ1) is 16.0. The number of carbonyl (C=O) groups excluding carboxylic acids is 1. The molecule has 1 amide bonds. The van der Waals surface area contributed by atoms with Gasteiger partial charge in [0.15, 0.2) is 0 Å². The Hall–Kier alpha value is -2.51. The Morgan fingerprint density at radius 2 is 2.12 bits per heavy atom. The first-order valence-corrected chi connectivity index (χ1v) is 9.10. The number of benzene rings is 1. The first-order chi connectivity index (χ1) is 12.1. The molecular weight excluding hydrogens is 334 g/mol. The molecular formula is C18H19N5OS. The molecule has 0 spiro atoms. The molecule has 1 aliphatic heterocycles. The third-order valence-corrected chi connectivity index (χ3v) is 5.30. The Labute approximate surface area is 149 Å². The van der Waals surface area contributed by atoms with Crippen LogP contribution in [0, 0.1) is 6.92 Å². The van der Waals surface area contributed by atoms with Crippen LogP contribution in [0.5, 0.6) is 0 Å². The van der Waals surface area contributed by atoms with E-state index in [1.54, 1.807) is 11.3 Å². The van der Waals surface area contributed by atoms with Crippen molar-refractivity contribution < 1.29 is 4.79 Å². The van der Waals surface area contributed by atoms with Gasteiger partial charge in [-0.1, -0.05) is 30.3 Å². The standard InChI is InChI=1S/C18H19N5OS/c1-11-21-17(23-8-7-20-14(9-23)16(19)24)15-13(10-25-18(15)22-11)12-5-3-2-4-6-12/h2-6,10,14,20H,7-9H2,1H3,(H2,19,24). The summed E-state index contributed by atoms with van der Waals surface area (Å²) in [5.74, 6) is 1.29. The van der Waals surface area contributed by atoms with Crippen molar-refractivity contribution >= 4 is 33.3 Å². The van der Waals surface area contributed by atoms with Gasteiger partial charge in [0, 0.05) is 30.6 Å². The van der Waals surface area contributed by atoms with E-state index in [4.69, 9.17) is 10.7 Å². The minimum absolute atomic E-state index is 0.333. The Balaban J connectivity index is 1.85. The summed E-state index contributed by atoms with van der Waals surface area (Å²) in [4.78, 5) is 24.0. The Bertz CT molecular complexity index is 924. The number of hydrogen-bond acceptors (Lipinski definition) is 6. The molecule has 2 aromatic heterocycles. The highest BCUT2D eigenvalue weighted by Crippen LogP contribution is 2.38. The van der Waals surface area contributed by atoms with Gasteiger partial charge in [0.05, 0.1) is 5.39 Å². The normalized spacial score (nSPS) is 17.8. The molecule has 25 heavy (non-hydrogen) atoms. The maximum Gasteiger partial charge on any atom is 0.236 e. The van der Waals surface area contributed by atoms with Crippen LogP contribution in [-0.2, 0) is 4.79 Å². The molecule has 1 saturated heterocycles. The van der Waals surface area contributed by atoms with E-state index >= 15 is 0 Å². The quantitative estimate of drug-likeness (QED) is 0.752. The van der Waals surface area contributed by atoms with Crippen LogP contribution < -0.4 is 16.0 Å². The molecule has 7 heteroatoms. The molecule has 3 heterocycles. The molecule has 0 saturated carbocycles. The topological polar surface area (TPSA) is 84.1 Å². The monoisotopic (exact) mass is 353 g/mol. The predicted octanol–water partition coefficient (Wildman–Crippen LogP) is 1.93. The van der Waals surface area contributed by atoms with Gasteiger partial charge < -0.3 is 16.0 Å². The van der Waals surface area contributed by atoms with Crippen molar-refractivity contribution in [1.82, 2.24) is 15.3 Å². The number of rotatable bonds is 3. The fourth-order valence-corrected chi connectivity index (χ4v) is 4.21. The van der Waals surface area contributed by atoms with E-state index in [9.17, 15) is 4.79 Å². The molecule has 1 atom stereocenters. The molecule has 1 fully saturated rings. The second-order valence-corrected chi connectivity index (χ2v) is 7.00. The van der Waals surface area contributed by atoms with Gasteiger partial charge in [-0.25, -0.2) is 9.97 Å². The summed E-state index contributed by atoms with van der Waals surface area (Å²) >= 11 is 1.62. The van der Waals surface area contributed by atoms with Crippen molar-refractivity contribution in [1.29, 1.82) is 0 Å².